The number of aromatic hydroxyl groups is 1. The van der Waals surface area contributed by atoms with Gasteiger partial charge in [0, 0.05) is 29.9 Å². The van der Waals surface area contributed by atoms with Crippen LogP contribution in [-0.2, 0) is 38.4 Å². The molecule has 4 rings (SSSR count). The Hall–Kier alpha value is -4.81. The number of aromatic nitrogens is 1. The molecule has 0 aliphatic rings. The Labute approximate surface area is 271 Å². The van der Waals surface area contributed by atoms with E-state index in [1.807, 2.05) is 48.7 Å². The first-order chi connectivity index (χ1) is 22.1. The highest BCUT2D eigenvalue weighted by atomic mass is 32.2. The van der Waals surface area contributed by atoms with Crippen LogP contribution in [0, 0.1) is 0 Å². The van der Waals surface area contributed by atoms with Crippen LogP contribution in [0.5, 0.6) is 5.75 Å². The van der Waals surface area contributed by atoms with Gasteiger partial charge in [-0.25, -0.2) is 4.79 Å². The van der Waals surface area contributed by atoms with Crippen molar-refractivity contribution in [3.05, 3.63) is 102 Å². The number of benzene rings is 3. The number of phenols is 1. The molecule has 0 fully saturated rings. The quantitative estimate of drug-likeness (QED) is 0.0969. The van der Waals surface area contributed by atoms with E-state index in [4.69, 9.17) is 5.73 Å². The number of carbonyl (C=O) groups excluding carboxylic acids is 3. The van der Waals surface area contributed by atoms with Crippen molar-refractivity contribution < 1.29 is 29.4 Å². The molecule has 1 aromatic heterocycles. The van der Waals surface area contributed by atoms with E-state index in [-0.39, 0.29) is 31.4 Å². The van der Waals surface area contributed by atoms with Crippen molar-refractivity contribution >= 4 is 46.4 Å². The lowest BCUT2D eigenvalue weighted by atomic mass is 10.0. The maximum Gasteiger partial charge on any atom is 0.326 e. The lowest BCUT2D eigenvalue weighted by Crippen LogP contribution is -2.58. The number of rotatable bonds is 16. The Morgan fingerprint density at radius 1 is 0.761 bits per heavy atom. The van der Waals surface area contributed by atoms with Crippen LogP contribution in [0.2, 0.25) is 0 Å². The van der Waals surface area contributed by atoms with E-state index in [2.05, 4.69) is 20.9 Å². The SMILES string of the molecule is CSCCC(NC(=O)C(Cc1ccccc1)NC(=O)C(Cc1c[nH]c2ccccc12)NC(=O)C(N)Cc1ccc(O)cc1)C(=O)O. The summed E-state index contributed by atoms with van der Waals surface area (Å²) in [5, 5.41) is 28.3. The molecule has 46 heavy (non-hydrogen) atoms. The van der Waals surface area contributed by atoms with E-state index in [0.29, 0.717) is 5.75 Å². The smallest absolute Gasteiger partial charge is 0.326 e. The van der Waals surface area contributed by atoms with Crippen LogP contribution in [-0.4, -0.2) is 75.1 Å². The van der Waals surface area contributed by atoms with E-state index >= 15 is 0 Å². The molecule has 242 valence electrons. The highest BCUT2D eigenvalue weighted by Gasteiger charge is 2.31. The van der Waals surface area contributed by atoms with Gasteiger partial charge in [0.1, 0.15) is 23.9 Å². The summed E-state index contributed by atoms with van der Waals surface area (Å²) in [6, 6.07) is 18.6. The van der Waals surface area contributed by atoms with Crippen LogP contribution in [0.4, 0.5) is 0 Å². The summed E-state index contributed by atoms with van der Waals surface area (Å²) in [6.07, 6.45) is 4.19. The number of para-hydroxylation sites is 1. The predicted octanol–water partition coefficient (Wildman–Crippen LogP) is 2.52. The number of phenolic OH excluding ortho intramolecular Hbond substituents is 1. The number of amides is 3. The summed E-state index contributed by atoms with van der Waals surface area (Å²) in [6.45, 7) is 0. The number of hydrogen-bond acceptors (Lipinski definition) is 7. The van der Waals surface area contributed by atoms with Gasteiger partial charge < -0.3 is 36.9 Å². The van der Waals surface area contributed by atoms with Gasteiger partial charge >= 0.3 is 5.97 Å². The Balaban J connectivity index is 1.58. The maximum absolute atomic E-state index is 14.0. The van der Waals surface area contributed by atoms with Gasteiger partial charge in [0.2, 0.25) is 17.7 Å². The fourth-order valence-corrected chi connectivity index (χ4v) is 5.56. The number of carbonyl (C=O) groups is 4. The minimum absolute atomic E-state index is 0.0882. The number of aliphatic carboxylic acids is 1. The molecule has 4 atom stereocenters. The van der Waals surface area contributed by atoms with Crippen molar-refractivity contribution in [3.63, 3.8) is 0 Å². The van der Waals surface area contributed by atoms with E-state index in [1.54, 1.807) is 30.5 Å². The third-order valence-corrected chi connectivity index (χ3v) is 8.25. The third kappa shape index (κ3) is 9.59. The second kappa shape index (κ2) is 16.5. The molecule has 0 aliphatic heterocycles. The van der Waals surface area contributed by atoms with E-state index in [9.17, 15) is 29.4 Å². The number of aromatic amines is 1. The Morgan fingerprint density at radius 3 is 2.02 bits per heavy atom. The number of thioether (sulfide) groups is 1. The third-order valence-electron chi connectivity index (χ3n) is 7.60. The summed E-state index contributed by atoms with van der Waals surface area (Å²) in [4.78, 5) is 55.9. The lowest BCUT2D eigenvalue weighted by Gasteiger charge is -2.25. The van der Waals surface area contributed by atoms with Gasteiger partial charge in [0.15, 0.2) is 0 Å². The summed E-state index contributed by atoms with van der Waals surface area (Å²) in [5.74, 6) is -2.39. The minimum Gasteiger partial charge on any atom is -0.508 e. The van der Waals surface area contributed by atoms with Crippen molar-refractivity contribution in [2.24, 2.45) is 5.73 Å². The number of carboxylic acid groups (broad SMARTS) is 1. The van der Waals surface area contributed by atoms with Crippen molar-refractivity contribution in [1.82, 2.24) is 20.9 Å². The summed E-state index contributed by atoms with van der Waals surface area (Å²) in [7, 11) is 0. The van der Waals surface area contributed by atoms with Crippen LogP contribution >= 0.6 is 11.8 Å². The van der Waals surface area contributed by atoms with Gasteiger partial charge in [-0.05, 0) is 59.7 Å². The average Bonchev–Trinajstić information content (AvgIpc) is 3.46. The molecule has 11 nitrogen and oxygen atoms in total. The van der Waals surface area contributed by atoms with E-state index in [0.717, 1.165) is 27.6 Å². The highest BCUT2D eigenvalue weighted by Crippen LogP contribution is 2.20. The van der Waals surface area contributed by atoms with Gasteiger partial charge in [-0.15, -0.1) is 0 Å². The first-order valence-corrected chi connectivity index (χ1v) is 16.3. The first kappa shape index (κ1) is 34.1. The Morgan fingerprint density at radius 2 is 1.35 bits per heavy atom. The zero-order chi connectivity index (χ0) is 33.1. The molecule has 1 heterocycles. The normalized spacial score (nSPS) is 13.7. The van der Waals surface area contributed by atoms with Gasteiger partial charge in [0.05, 0.1) is 6.04 Å². The minimum atomic E-state index is -1.17. The summed E-state index contributed by atoms with van der Waals surface area (Å²) >= 11 is 1.46. The molecule has 0 saturated carbocycles. The van der Waals surface area contributed by atoms with E-state index in [1.165, 1.54) is 23.9 Å². The molecule has 0 bridgehead atoms. The van der Waals surface area contributed by atoms with Crippen LogP contribution in [0.25, 0.3) is 10.9 Å². The highest BCUT2D eigenvalue weighted by molar-refractivity contribution is 7.98. The largest absolute Gasteiger partial charge is 0.508 e. The monoisotopic (exact) mass is 645 g/mol. The molecular weight excluding hydrogens is 606 g/mol. The predicted molar refractivity (Wildman–Crippen MR) is 178 cm³/mol. The molecule has 3 amide bonds. The van der Waals surface area contributed by atoms with Crippen molar-refractivity contribution in [3.8, 4) is 5.75 Å². The first-order valence-electron chi connectivity index (χ1n) is 14.9. The van der Waals surface area contributed by atoms with Crippen molar-refractivity contribution in [1.29, 1.82) is 0 Å². The fourth-order valence-electron chi connectivity index (χ4n) is 5.08. The van der Waals surface area contributed by atoms with Crippen LogP contribution in [0.1, 0.15) is 23.1 Å². The summed E-state index contributed by atoms with van der Waals surface area (Å²) in [5.41, 5.74) is 9.36. The molecule has 3 aromatic carbocycles. The Bertz CT molecular complexity index is 1630. The zero-order valence-electron chi connectivity index (χ0n) is 25.4. The van der Waals surface area contributed by atoms with Crippen LogP contribution in [0.3, 0.4) is 0 Å². The van der Waals surface area contributed by atoms with Gasteiger partial charge in [-0.2, -0.15) is 11.8 Å². The molecule has 12 heteroatoms. The van der Waals surface area contributed by atoms with Crippen LogP contribution in [0.15, 0.2) is 85.1 Å². The molecule has 0 aliphatic carbocycles. The topological polar surface area (TPSA) is 187 Å². The standard InChI is InChI=1S/C34H39N5O6S/c1-46-16-15-28(34(44)45)37-32(42)29(18-21-7-3-2-4-8-21)39-33(43)30(19-23-20-36-27-10-6-5-9-25(23)27)38-31(41)26(35)17-22-11-13-24(40)14-12-22/h2-14,20,26,28-30,36,40H,15-19,35H2,1H3,(H,37,42)(H,38,41)(H,39,43)(H,44,45). The molecule has 0 saturated heterocycles. The van der Waals surface area contributed by atoms with Gasteiger partial charge in [-0.1, -0.05) is 60.7 Å². The lowest BCUT2D eigenvalue weighted by molar-refractivity contribution is -0.142. The fraction of sp³-hybridized carbons (Fsp3) is 0.294. The number of carboxylic acids is 1. The Kier molecular flexibility index (Phi) is 12.2. The number of H-pyrrole nitrogens is 1. The zero-order valence-corrected chi connectivity index (χ0v) is 26.3. The van der Waals surface area contributed by atoms with Crippen LogP contribution < -0.4 is 21.7 Å². The number of hydrogen-bond donors (Lipinski definition) is 7. The van der Waals surface area contributed by atoms with E-state index < -0.39 is 47.9 Å². The molecule has 0 radical (unpaired) electrons. The van der Waals surface area contributed by atoms with Crippen molar-refractivity contribution in [2.75, 3.05) is 12.0 Å². The maximum atomic E-state index is 14.0. The van der Waals surface area contributed by atoms with Gasteiger partial charge in [0.25, 0.3) is 0 Å². The second-order valence-corrected chi connectivity index (χ2v) is 12.0. The molecule has 4 aromatic rings. The number of nitrogens with two attached hydrogens (primary N) is 1. The van der Waals surface area contributed by atoms with Crippen molar-refractivity contribution in [2.45, 2.75) is 49.9 Å². The number of fused-ring (bicyclic) bond motifs is 1. The molecule has 4 unspecified atom stereocenters. The average molecular weight is 646 g/mol. The number of nitrogens with one attached hydrogen (secondary N) is 4. The van der Waals surface area contributed by atoms with Gasteiger partial charge in [-0.3, -0.25) is 14.4 Å². The molecule has 0 spiro atoms. The summed E-state index contributed by atoms with van der Waals surface area (Å²) < 4.78 is 0. The molecule has 8 N–H and O–H groups in total. The molecular formula is C34H39N5O6S. The second-order valence-electron chi connectivity index (χ2n) is 11.0.